The van der Waals surface area contributed by atoms with E-state index in [2.05, 4.69) is 35.7 Å². The highest BCUT2D eigenvalue weighted by Crippen LogP contribution is 2.19. The van der Waals surface area contributed by atoms with Crippen LogP contribution in [-0.2, 0) is 5.54 Å². The second-order valence-corrected chi connectivity index (χ2v) is 5.88. The van der Waals surface area contributed by atoms with E-state index in [0.717, 1.165) is 32.7 Å². The van der Waals surface area contributed by atoms with Crippen LogP contribution in [0.4, 0.5) is 0 Å². The highest BCUT2D eigenvalue weighted by Gasteiger charge is 2.28. The monoisotopic (exact) mass is 265 g/mol. The van der Waals surface area contributed by atoms with Crippen LogP contribution in [0.5, 0.6) is 0 Å². The smallest absolute Gasteiger partial charge is 0.284 e. The zero-order valence-electron chi connectivity index (χ0n) is 12.0. The molecule has 1 aromatic heterocycles. The summed E-state index contributed by atoms with van der Waals surface area (Å²) in [7, 11) is 2.14. The van der Waals surface area contributed by atoms with Crippen LogP contribution < -0.4 is 5.73 Å². The molecule has 1 aromatic rings. The molecule has 6 heteroatoms. The minimum absolute atomic E-state index is 0.198. The van der Waals surface area contributed by atoms with Crippen LogP contribution >= 0.6 is 0 Å². The number of piperazine rings is 1. The quantitative estimate of drug-likeness (QED) is 0.830. The average molecular weight is 265 g/mol. The molecule has 0 aromatic carbocycles. The minimum Gasteiger partial charge on any atom is -0.363 e. The molecule has 1 fully saturated rings. The number of likely N-dealkylation sites (N-methyl/N-ethyl adjacent to an activating group) is 1. The lowest BCUT2D eigenvalue weighted by Crippen LogP contribution is -2.50. The topological polar surface area (TPSA) is 67.4 Å². The van der Waals surface area contributed by atoms with Gasteiger partial charge >= 0.3 is 0 Å². The summed E-state index contributed by atoms with van der Waals surface area (Å²) < 4.78 is 1.88. The van der Waals surface area contributed by atoms with E-state index < -0.39 is 5.91 Å². The van der Waals surface area contributed by atoms with Gasteiger partial charge in [0.1, 0.15) is 0 Å². The summed E-state index contributed by atoms with van der Waals surface area (Å²) in [5, 5.41) is 0. The fourth-order valence-corrected chi connectivity index (χ4v) is 2.60. The maximum absolute atomic E-state index is 11.4. The van der Waals surface area contributed by atoms with Crippen molar-refractivity contribution in [1.82, 2.24) is 19.4 Å². The molecular formula is C13H23N5O. The second-order valence-electron chi connectivity index (χ2n) is 5.88. The predicted molar refractivity (Wildman–Crippen MR) is 74.0 cm³/mol. The number of nitrogens with zero attached hydrogens (tertiary/aromatic N) is 4. The second kappa shape index (κ2) is 5.30. The first-order valence-electron chi connectivity index (χ1n) is 6.65. The molecule has 0 saturated carbocycles. The van der Waals surface area contributed by atoms with Gasteiger partial charge in [0.2, 0.25) is 0 Å². The van der Waals surface area contributed by atoms with Crippen LogP contribution in [0.25, 0.3) is 0 Å². The minimum atomic E-state index is -0.476. The van der Waals surface area contributed by atoms with Crippen LogP contribution in [0.2, 0.25) is 0 Å². The summed E-state index contributed by atoms with van der Waals surface area (Å²) in [5.74, 6) is -0.143. The van der Waals surface area contributed by atoms with Crippen molar-refractivity contribution in [3.05, 3.63) is 18.2 Å². The average Bonchev–Trinajstić information content (AvgIpc) is 2.82. The lowest BCUT2D eigenvalue weighted by Gasteiger charge is -2.38. The van der Waals surface area contributed by atoms with Crippen molar-refractivity contribution in [3.63, 3.8) is 0 Å². The number of primary amides is 1. The van der Waals surface area contributed by atoms with Gasteiger partial charge in [-0.25, -0.2) is 4.98 Å². The fourth-order valence-electron chi connectivity index (χ4n) is 2.60. The van der Waals surface area contributed by atoms with Crippen molar-refractivity contribution in [3.8, 4) is 0 Å². The van der Waals surface area contributed by atoms with E-state index in [0.29, 0.717) is 5.82 Å². The number of imidazole rings is 1. The van der Waals surface area contributed by atoms with Crippen LogP contribution in [0.3, 0.4) is 0 Å². The molecule has 1 aliphatic heterocycles. The van der Waals surface area contributed by atoms with Gasteiger partial charge in [0.25, 0.3) is 5.91 Å². The SMILES string of the molecule is CN1CCN(CC(C)(C)n2ccnc2C(N)=O)CC1. The molecule has 2 heterocycles. The zero-order valence-corrected chi connectivity index (χ0v) is 12.0. The van der Waals surface area contributed by atoms with Gasteiger partial charge in [0, 0.05) is 45.1 Å². The van der Waals surface area contributed by atoms with Gasteiger partial charge in [-0.3, -0.25) is 9.69 Å². The van der Waals surface area contributed by atoms with E-state index >= 15 is 0 Å². The van der Waals surface area contributed by atoms with Crippen molar-refractivity contribution in [2.75, 3.05) is 39.8 Å². The van der Waals surface area contributed by atoms with Crippen molar-refractivity contribution in [1.29, 1.82) is 0 Å². The van der Waals surface area contributed by atoms with Gasteiger partial charge in [-0.2, -0.15) is 0 Å². The Hall–Kier alpha value is -1.40. The maximum atomic E-state index is 11.4. The van der Waals surface area contributed by atoms with Crippen molar-refractivity contribution in [2.24, 2.45) is 5.73 Å². The molecule has 2 rings (SSSR count). The number of carbonyl (C=O) groups excluding carboxylic acids is 1. The summed E-state index contributed by atoms with van der Waals surface area (Å²) in [6, 6.07) is 0. The summed E-state index contributed by atoms with van der Waals surface area (Å²) in [6.07, 6.45) is 3.46. The normalized spacial score (nSPS) is 18.7. The van der Waals surface area contributed by atoms with Gasteiger partial charge in [0.15, 0.2) is 5.82 Å². The number of carbonyl (C=O) groups is 1. The van der Waals surface area contributed by atoms with Crippen molar-refractivity contribution >= 4 is 5.91 Å². The van der Waals surface area contributed by atoms with Crippen molar-refractivity contribution < 1.29 is 4.79 Å². The Bertz CT molecular complexity index is 446. The molecule has 0 aliphatic carbocycles. The molecule has 0 radical (unpaired) electrons. The van der Waals surface area contributed by atoms with Gasteiger partial charge < -0.3 is 15.2 Å². The Morgan fingerprint density at radius 3 is 2.58 bits per heavy atom. The fraction of sp³-hybridized carbons (Fsp3) is 0.692. The first-order chi connectivity index (χ1) is 8.90. The summed E-state index contributed by atoms with van der Waals surface area (Å²) in [6.45, 7) is 9.39. The van der Waals surface area contributed by atoms with Crippen LogP contribution in [-0.4, -0.2) is 65.0 Å². The molecule has 1 aliphatic rings. The Morgan fingerprint density at radius 2 is 2.00 bits per heavy atom. The largest absolute Gasteiger partial charge is 0.363 e. The third kappa shape index (κ3) is 3.13. The van der Waals surface area contributed by atoms with Crippen LogP contribution in [0.15, 0.2) is 12.4 Å². The van der Waals surface area contributed by atoms with Gasteiger partial charge in [-0.05, 0) is 20.9 Å². The first kappa shape index (κ1) is 14.0. The molecule has 19 heavy (non-hydrogen) atoms. The van der Waals surface area contributed by atoms with Crippen molar-refractivity contribution in [2.45, 2.75) is 19.4 Å². The van der Waals surface area contributed by atoms with Gasteiger partial charge in [0.05, 0.1) is 5.54 Å². The molecule has 0 bridgehead atoms. The molecule has 0 atom stereocenters. The third-order valence-electron chi connectivity index (χ3n) is 3.72. The number of hydrogen-bond donors (Lipinski definition) is 1. The van der Waals surface area contributed by atoms with Gasteiger partial charge in [-0.15, -0.1) is 0 Å². The molecule has 0 unspecified atom stereocenters. The van der Waals surface area contributed by atoms with E-state index in [1.165, 1.54) is 0 Å². The van der Waals surface area contributed by atoms with E-state index in [-0.39, 0.29) is 5.54 Å². The number of rotatable bonds is 4. The molecule has 106 valence electrons. The molecule has 1 saturated heterocycles. The maximum Gasteiger partial charge on any atom is 0.284 e. The highest BCUT2D eigenvalue weighted by molar-refractivity contribution is 5.89. The Morgan fingerprint density at radius 1 is 1.37 bits per heavy atom. The predicted octanol–water partition coefficient (Wildman–Crippen LogP) is -0.0355. The van der Waals surface area contributed by atoms with Gasteiger partial charge in [-0.1, -0.05) is 0 Å². The number of hydrogen-bond acceptors (Lipinski definition) is 4. The molecule has 6 nitrogen and oxygen atoms in total. The lowest BCUT2D eigenvalue weighted by atomic mass is 10.0. The standard InChI is InChI=1S/C13H23N5O/c1-13(2,10-17-8-6-16(3)7-9-17)18-5-4-15-12(18)11(14)19/h4-5H,6-10H2,1-3H3,(H2,14,19). The van der Waals surface area contributed by atoms with E-state index in [9.17, 15) is 4.79 Å². The van der Waals surface area contributed by atoms with E-state index in [1.807, 2.05) is 10.8 Å². The van der Waals surface area contributed by atoms with E-state index in [1.54, 1.807) is 6.20 Å². The van der Waals surface area contributed by atoms with Crippen LogP contribution in [0, 0.1) is 0 Å². The Balaban J connectivity index is 2.09. The number of amides is 1. The molecule has 2 N–H and O–H groups in total. The number of aromatic nitrogens is 2. The lowest BCUT2D eigenvalue weighted by molar-refractivity contribution is 0.0947. The molecule has 1 amide bonds. The summed E-state index contributed by atoms with van der Waals surface area (Å²) >= 11 is 0. The Kier molecular flexibility index (Phi) is 3.91. The Labute approximate surface area is 114 Å². The summed E-state index contributed by atoms with van der Waals surface area (Å²) in [5.41, 5.74) is 5.17. The zero-order chi connectivity index (χ0) is 14.0. The molecule has 0 spiro atoms. The van der Waals surface area contributed by atoms with E-state index in [4.69, 9.17) is 5.73 Å². The first-order valence-corrected chi connectivity index (χ1v) is 6.65. The van der Waals surface area contributed by atoms with Crippen LogP contribution in [0.1, 0.15) is 24.5 Å². The molecular weight excluding hydrogens is 242 g/mol. The highest BCUT2D eigenvalue weighted by atomic mass is 16.1. The third-order valence-corrected chi connectivity index (χ3v) is 3.72. The summed E-state index contributed by atoms with van der Waals surface area (Å²) in [4.78, 5) is 20.2. The number of nitrogens with two attached hydrogens (primary N) is 1.